The van der Waals surface area contributed by atoms with E-state index in [1.807, 2.05) is 6.07 Å². The van der Waals surface area contributed by atoms with E-state index in [-0.39, 0.29) is 5.82 Å². The zero-order chi connectivity index (χ0) is 11.5. The summed E-state index contributed by atoms with van der Waals surface area (Å²) in [5, 5.41) is 0.980. The topological polar surface area (TPSA) is 12.9 Å². The minimum Gasteiger partial charge on any atom is -0.244 e. The lowest BCUT2D eigenvalue weighted by molar-refractivity contribution is 0.631. The molecule has 0 aliphatic rings. The second kappa shape index (κ2) is 4.93. The smallest absolute Gasteiger partial charge is 0.136 e. The number of alkyl halides is 1. The second-order valence-electron chi connectivity index (χ2n) is 3.30. The van der Waals surface area contributed by atoms with E-state index < -0.39 is 0 Å². The Kier molecular flexibility index (Phi) is 3.56. The summed E-state index contributed by atoms with van der Waals surface area (Å²) < 4.78 is 13.6. The summed E-state index contributed by atoms with van der Waals surface area (Å²) in [6.45, 7) is 0. The third kappa shape index (κ3) is 2.25. The van der Waals surface area contributed by atoms with E-state index in [4.69, 9.17) is 11.6 Å². The third-order valence-electron chi connectivity index (χ3n) is 2.21. The van der Waals surface area contributed by atoms with Gasteiger partial charge in [0.05, 0.1) is 0 Å². The highest BCUT2D eigenvalue weighted by Gasteiger charge is 2.09. The molecule has 0 radical (unpaired) electrons. The van der Waals surface area contributed by atoms with Gasteiger partial charge in [0, 0.05) is 22.7 Å². The van der Waals surface area contributed by atoms with Crippen LogP contribution in [0.5, 0.6) is 0 Å². The van der Waals surface area contributed by atoms with Gasteiger partial charge < -0.3 is 0 Å². The Morgan fingerprint density at radius 3 is 2.69 bits per heavy atom. The van der Waals surface area contributed by atoms with Gasteiger partial charge in [0.2, 0.25) is 0 Å². The molecule has 1 nitrogen and oxygen atoms in total. The fourth-order valence-corrected chi connectivity index (χ4v) is 1.94. The van der Waals surface area contributed by atoms with E-state index in [2.05, 4.69) is 20.9 Å². The van der Waals surface area contributed by atoms with Gasteiger partial charge >= 0.3 is 0 Å². The van der Waals surface area contributed by atoms with Crippen LogP contribution in [0.15, 0.2) is 36.5 Å². The number of pyridine rings is 1. The molecular formula is C12H8BrClFN. The molecule has 82 valence electrons. The molecule has 0 unspecified atom stereocenters. The summed E-state index contributed by atoms with van der Waals surface area (Å²) in [5.41, 5.74) is 2.06. The first-order chi connectivity index (χ1) is 7.72. The number of rotatable bonds is 2. The van der Waals surface area contributed by atoms with Crippen LogP contribution in [0.25, 0.3) is 11.1 Å². The lowest BCUT2D eigenvalue weighted by Crippen LogP contribution is -1.90. The zero-order valence-corrected chi connectivity index (χ0v) is 10.6. The van der Waals surface area contributed by atoms with Crippen molar-refractivity contribution in [3.8, 4) is 11.1 Å². The first-order valence-electron chi connectivity index (χ1n) is 4.67. The Hall–Kier alpha value is -0.930. The Balaban J connectivity index is 2.59. The number of aromatic nitrogens is 1. The highest BCUT2D eigenvalue weighted by atomic mass is 79.9. The summed E-state index contributed by atoms with van der Waals surface area (Å²) >= 11 is 9.30. The Bertz CT molecular complexity index is 516. The van der Waals surface area contributed by atoms with E-state index in [9.17, 15) is 4.39 Å². The molecule has 1 heterocycles. The molecule has 0 saturated heterocycles. The Morgan fingerprint density at radius 2 is 2.00 bits per heavy atom. The predicted octanol–water partition coefficient (Wildman–Crippen LogP) is 4.44. The first-order valence-corrected chi connectivity index (χ1v) is 6.17. The molecule has 0 aliphatic heterocycles. The normalized spacial score (nSPS) is 10.4. The molecule has 0 amide bonds. The molecule has 0 bridgehead atoms. The fraction of sp³-hybridized carbons (Fsp3) is 0.0833. The van der Waals surface area contributed by atoms with Gasteiger partial charge in [-0.3, -0.25) is 0 Å². The maximum atomic E-state index is 13.6. The van der Waals surface area contributed by atoms with E-state index >= 15 is 0 Å². The molecule has 1 aromatic heterocycles. The second-order valence-corrected chi connectivity index (χ2v) is 4.21. The minimum atomic E-state index is -0.294. The van der Waals surface area contributed by atoms with Gasteiger partial charge in [-0.05, 0) is 17.7 Å². The van der Waals surface area contributed by atoms with Gasteiger partial charge in [0.15, 0.2) is 0 Å². The molecule has 2 aromatic rings. The van der Waals surface area contributed by atoms with Gasteiger partial charge in [-0.1, -0.05) is 45.7 Å². The van der Waals surface area contributed by atoms with Crippen molar-refractivity contribution >= 4 is 27.5 Å². The van der Waals surface area contributed by atoms with Gasteiger partial charge in [0.25, 0.3) is 0 Å². The molecule has 0 aliphatic carbocycles. The Morgan fingerprint density at radius 1 is 1.25 bits per heavy atom. The molecule has 0 fully saturated rings. The molecule has 0 N–H and O–H groups in total. The van der Waals surface area contributed by atoms with Crippen LogP contribution in [-0.2, 0) is 5.33 Å². The summed E-state index contributed by atoms with van der Waals surface area (Å²) in [6, 6.07) is 8.36. The lowest BCUT2D eigenvalue weighted by atomic mass is 10.1. The maximum absolute atomic E-state index is 13.6. The van der Waals surface area contributed by atoms with Crippen molar-refractivity contribution < 1.29 is 4.39 Å². The van der Waals surface area contributed by atoms with Crippen LogP contribution in [0.4, 0.5) is 4.39 Å². The SMILES string of the molecule is Fc1ccccc1-c1cc(CBr)cnc1Cl. The van der Waals surface area contributed by atoms with Crippen LogP contribution in [-0.4, -0.2) is 4.98 Å². The van der Waals surface area contributed by atoms with Gasteiger partial charge in [0.1, 0.15) is 11.0 Å². The van der Waals surface area contributed by atoms with Crippen LogP contribution in [0.1, 0.15) is 5.56 Å². The van der Waals surface area contributed by atoms with Crippen molar-refractivity contribution in [2.24, 2.45) is 0 Å². The maximum Gasteiger partial charge on any atom is 0.136 e. The third-order valence-corrected chi connectivity index (χ3v) is 3.16. The number of benzene rings is 1. The first kappa shape index (κ1) is 11.6. The molecule has 0 atom stereocenters. The number of hydrogen-bond donors (Lipinski definition) is 0. The quantitative estimate of drug-likeness (QED) is 0.590. The highest BCUT2D eigenvalue weighted by Crippen LogP contribution is 2.29. The summed E-state index contributed by atoms with van der Waals surface area (Å²) in [4.78, 5) is 4.04. The number of nitrogens with zero attached hydrogens (tertiary/aromatic N) is 1. The Labute approximate surface area is 106 Å². The van der Waals surface area contributed by atoms with Crippen molar-refractivity contribution in [1.29, 1.82) is 0 Å². The van der Waals surface area contributed by atoms with E-state index in [0.717, 1.165) is 5.56 Å². The number of halogens is 3. The molecular weight excluding hydrogens is 292 g/mol. The van der Waals surface area contributed by atoms with Crippen LogP contribution in [0.3, 0.4) is 0 Å². The van der Waals surface area contributed by atoms with Crippen LogP contribution in [0.2, 0.25) is 5.15 Å². The average molecular weight is 301 g/mol. The summed E-state index contributed by atoms with van der Waals surface area (Å²) in [7, 11) is 0. The largest absolute Gasteiger partial charge is 0.244 e. The summed E-state index contributed by atoms with van der Waals surface area (Å²) in [5.74, 6) is -0.294. The number of hydrogen-bond acceptors (Lipinski definition) is 1. The monoisotopic (exact) mass is 299 g/mol. The van der Waals surface area contributed by atoms with Crippen molar-refractivity contribution in [3.05, 3.63) is 53.1 Å². The van der Waals surface area contributed by atoms with Crippen LogP contribution >= 0.6 is 27.5 Å². The van der Waals surface area contributed by atoms with E-state index in [1.165, 1.54) is 6.07 Å². The van der Waals surface area contributed by atoms with Gasteiger partial charge in [-0.2, -0.15) is 0 Å². The lowest BCUT2D eigenvalue weighted by Gasteiger charge is -2.06. The van der Waals surface area contributed by atoms with Crippen molar-refractivity contribution in [2.75, 3.05) is 0 Å². The zero-order valence-electron chi connectivity index (χ0n) is 8.25. The molecule has 4 heteroatoms. The van der Waals surface area contributed by atoms with Gasteiger partial charge in [-0.25, -0.2) is 9.37 Å². The minimum absolute atomic E-state index is 0.294. The molecule has 0 spiro atoms. The molecule has 16 heavy (non-hydrogen) atoms. The van der Waals surface area contributed by atoms with Crippen molar-refractivity contribution in [1.82, 2.24) is 4.98 Å². The predicted molar refractivity (Wildman–Crippen MR) is 67.3 cm³/mol. The van der Waals surface area contributed by atoms with Crippen LogP contribution < -0.4 is 0 Å². The fourth-order valence-electron chi connectivity index (χ4n) is 1.43. The summed E-state index contributed by atoms with van der Waals surface area (Å²) in [6.07, 6.45) is 1.67. The van der Waals surface area contributed by atoms with E-state index in [0.29, 0.717) is 21.6 Å². The molecule has 2 rings (SSSR count). The highest BCUT2D eigenvalue weighted by molar-refractivity contribution is 9.08. The van der Waals surface area contributed by atoms with Crippen molar-refractivity contribution in [3.63, 3.8) is 0 Å². The average Bonchev–Trinajstić information content (AvgIpc) is 2.31. The molecule has 0 saturated carbocycles. The van der Waals surface area contributed by atoms with Crippen LogP contribution in [0, 0.1) is 5.82 Å². The van der Waals surface area contributed by atoms with Gasteiger partial charge in [-0.15, -0.1) is 0 Å². The standard InChI is InChI=1S/C12H8BrClFN/c13-6-8-5-10(12(14)16-7-8)9-3-1-2-4-11(9)15/h1-5,7H,6H2. The van der Waals surface area contributed by atoms with E-state index in [1.54, 1.807) is 24.4 Å². The van der Waals surface area contributed by atoms with Crippen molar-refractivity contribution in [2.45, 2.75) is 5.33 Å². The molecule has 1 aromatic carbocycles.